The van der Waals surface area contributed by atoms with Gasteiger partial charge in [0, 0.05) is 26.2 Å². The summed E-state index contributed by atoms with van der Waals surface area (Å²) in [7, 11) is -3.52. The van der Waals surface area contributed by atoms with Gasteiger partial charge in [-0.15, -0.1) is 5.10 Å². The number of hydrogen-bond acceptors (Lipinski definition) is 7. The first kappa shape index (κ1) is 23.6. The zero-order valence-electron chi connectivity index (χ0n) is 18.3. The first-order chi connectivity index (χ1) is 15.7. The minimum atomic E-state index is -3.52. The third-order valence-corrected chi connectivity index (χ3v) is 7.63. The molecule has 2 aromatic carbocycles. The number of nitrogens with zero attached hydrogens (tertiary/aromatic N) is 4. The van der Waals surface area contributed by atoms with Crippen LogP contribution in [0.4, 0.5) is 4.39 Å². The smallest absolute Gasteiger partial charge is 0.288 e. The minimum absolute atomic E-state index is 0.203. The van der Waals surface area contributed by atoms with Gasteiger partial charge in [-0.25, -0.2) is 17.5 Å². The summed E-state index contributed by atoms with van der Waals surface area (Å²) in [5, 5.41) is 4.41. The Morgan fingerprint density at radius 1 is 1.09 bits per heavy atom. The van der Waals surface area contributed by atoms with E-state index >= 15 is 0 Å². The topological polar surface area (TPSA) is 80.8 Å². The lowest BCUT2D eigenvalue weighted by molar-refractivity contribution is 0.143. The van der Waals surface area contributed by atoms with Crippen molar-refractivity contribution in [2.45, 2.75) is 31.5 Å². The fourth-order valence-corrected chi connectivity index (χ4v) is 5.11. The van der Waals surface area contributed by atoms with Gasteiger partial charge in [0.25, 0.3) is 10.7 Å². The molecule has 1 aromatic heterocycles. The van der Waals surface area contributed by atoms with Crippen molar-refractivity contribution in [1.82, 2.24) is 19.0 Å². The fourth-order valence-electron chi connectivity index (χ4n) is 3.50. The van der Waals surface area contributed by atoms with E-state index in [1.807, 2.05) is 6.92 Å². The summed E-state index contributed by atoms with van der Waals surface area (Å²) < 4.78 is 53.2. The molecule has 1 unspecified atom stereocenters. The SMILES string of the molecule is Cc1ccc(S(=O)(=O)N2CCN(Cn3nc(C(C)Oc4ccc(F)cc4)oc3=S)CC2)cc1. The molecule has 0 spiro atoms. The number of halogens is 1. The van der Waals surface area contributed by atoms with Crippen LogP contribution >= 0.6 is 12.2 Å². The average molecular weight is 493 g/mol. The molecule has 4 rings (SSSR count). The lowest BCUT2D eigenvalue weighted by Gasteiger charge is -2.33. The van der Waals surface area contributed by atoms with E-state index in [0.717, 1.165) is 5.56 Å². The highest BCUT2D eigenvalue weighted by molar-refractivity contribution is 7.89. The molecule has 2 heterocycles. The number of benzene rings is 2. The van der Waals surface area contributed by atoms with E-state index in [-0.39, 0.29) is 10.7 Å². The van der Waals surface area contributed by atoms with Crippen LogP contribution in [0.5, 0.6) is 5.75 Å². The molecule has 1 fully saturated rings. The van der Waals surface area contributed by atoms with Crippen molar-refractivity contribution in [2.24, 2.45) is 0 Å². The average Bonchev–Trinajstić information content (AvgIpc) is 3.16. The highest BCUT2D eigenvalue weighted by atomic mass is 32.2. The Hall–Kier alpha value is -2.60. The molecule has 0 bridgehead atoms. The van der Waals surface area contributed by atoms with Gasteiger partial charge in [0.15, 0.2) is 6.10 Å². The molecule has 0 N–H and O–H groups in total. The van der Waals surface area contributed by atoms with E-state index in [9.17, 15) is 12.8 Å². The van der Waals surface area contributed by atoms with Crippen LogP contribution in [0.25, 0.3) is 0 Å². The maximum atomic E-state index is 13.1. The maximum Gasteiger partial charge on any atom is 0.288 e. The number of aryl methyl sites for hydroxylation is 1. The quantitative estimate of drug-likeness (QED) is 0.465. The summed E-state index contributed by atoms with van der Waals surface area (Å²) in [6.07, 6.45) is -0.519. The van der Waals surface area contributed by atoms with Crippen LogP contribution in [0, 0.1) is 17.6 Å². The molecule has 33 heavy (non-hydrogen) atoms. The third kappa shape index (κ3) is 5.49. The van der Waals surface area contributed by atoms with Gasteiger partial charge in [0.05, 0.1) is 11.6 Å². The molecule has 1 saturated heterocycles. The summed E-state index contributed by atoms with van der Waals surface area (Å²) in [6.45, 7) is 5.89. The number of piperazine rings is 1. The Morgan fingerprint density at radius 3 is 2.36 bits per heavy atom. The molecule has 1 atom stereocenters. The number of aromatic nitrogens is 2. The molecule has 0 aliphatic carbocycles. The summed E-state index contributed by atoms with van der Waals surface area (Å²) in [4.78, 5) is 2.57. The number of hydrogen-bond donors (Lipinski definition) is 0. The summed E-state index contributed by atoms with van der Waals surface area (Å²) in [6, 6.07) is 12.6. The van der Waals surface area contributed by atoms with Crippen molar-refractivity contribution in [3.8, 4) is 5.75 Å². The normalized spacial score (nSPS) is 16.6. The van der Waals surface area contributed by atoms with Crippen molar-refractivity contribution in [3.63, 3.8) is 0 Å². The van der Waals surface area contributed by atoms with Crippen LogP contribution in [0.15, 0.2) is 57.8 Å². The van der Waals surface area contributed by atoms with Crippen LogP contribution in [-0.2, 0) is 16.7 Å². The van der Waals surface area contributed by atoms with Crippen molar-refractivity contribution >= 4 is 22.2 Å². The number of sulfonamides is 1. The van der Waals surface area contributed by atoms with Crippen molar-refractivity contribution in [3.05, 3.63) is 70.6 Å². The van der Waals surface area contributed by atoms with Crippen LogP contribution in [0.1, 0.15) is 24.5 Å². The van der Waals surface area contributed by atoms with Crippen LogP contribution in [-0.4, -0.2) is 53.6 Å². The Balaban J connectivity index is 1.36. The van der Waals surface area contributed by atoms with Gasteiger partial charge in [-0.2, -0.15) is 4.31 Å². The Bertz CT molecular complexity index is 1250. The number of rotatable bonds is 7. The first-order valence-corrected chi connectivity index (χ1v) is 12.4. The van der Waals surface area contributed by atoms with Gasteiger partial charge in [-0.05, 0) is 62.5 Å². The second-order valence-corrected chi connectivity index (χ2v) is 10.2. The molecule has 176 valence electrons. The first-order valence-electron chi connectivity index (χ1n) is 10.5. The lowest BCUT2D eigenvalue weighted by atomic mass is 10.2. The van der Waals surface area contributed by atoms with E-state index in [1.165, 1.54) is 28.6 Å². The van der Waals surface area contributed by atoms with Gasteiger partial charge >= 0.3 is 0 Å². The van der Waals surface area contributed by atoms with E-state index in [4.69, 9.17) is 21.4 Å². The van der Waals surface area contributed by atoms with Gasteiger partial charge < -0.3 is 9.15 Å². The molecule has 0 amide bonds. The predicted octanol–water partition coefficient (Wildman–Crippen LogP) is 3.76. The molecule has 0 saturated carbocycles. The maximum absolute atomic E-state index is 13.1. The zero-order valence-corrected chi connectivity index (χ0v) is 20.0. The highest BCUT2D eigenvalue weighted by Gasteiger charge is 2.29. The molecule has 1 aliphatic rings. The molecule has 1 aliphatic heterocycles. The Labute approximate surface area is 197 Å². The lowest BCUT2D eigenvalue weighted by Crippen LogP contribution is -2.48. The molecule has 0 radical (unpaired) electrons. The van der Waals surface area contributed by atoms with Crippen molar-refractivity contribution < 1.29 is 22.0 Å². The second kappa shape index (κ2) is 9.72. The highest BCUT2D eigenvalue weighted by Crippen LogP contribution is 2.22. The van der Waals surface area contributed by atoms with Crippen LogP contribution in [0.3, 0.4) is 0 Å². The molecular weight excluding hydrogens is 467 g/mol. The third-order valence-electron chi connectivity index (χ3n) is 5.42. The Morgan fingerprint density at radius 2 is 1.73 bits per heavy atom. The Kier molecular flexibility index (Phi) is 6.94. The van der Waals surface area contributed by atoms with Gasteiger partial charge in [-0.1, -0.05) is 17.7 Å². The molecule has 3 aromatic rings. The predicted molar refractivity (Wildman–Crippen MR) is 122 cm³/mol. The standard InChI is InChI=1S/C22H25FN4O4S2/c1-16-3-9-20(10-4-16)33(28,29)26-13-11-25(12-14-26)15-27-22(32)31-21(24-27)17(2)30-19-7-5-18(23)6-8-19/h3-10,17H,11-15H2,1-2H3. The molecule has 11 heteroatoms. The largest absolute Gasteiger partial charge is 0.481 e. The van der Waals surface area contributed by atoms with Gasteiger partial charge in [0.2, 0.25) is 10.0 Å². The second-order valence-electron chi connectivity index (χ2n) is 7.90. The van der Waals surface area contributed by atoms with Crippen LogP contribution in [0.2, 0.25) is 0 Å². The van der Waals surface area contributed by atoms with E-state index in [1.54, 1.807) is 35.9 Å². The van der Waals surface area contributed by atoms with E-state index in [2.05, 4.69) is 10.00 Å². The van der Waals surface area contributed by atoms with Crippen LogP contribution < -0.4 is 4.74 Å². The van der Waals surface area contributed by atoms with E-state index in [0.29, 0.717) is 49.4 Å². The molecular formula is C22H25FN4O4S2. The summed E-state index contributed by atoms with van der Waals surface area (Å²) in [5.41, 5.74) is 1.01. The number of ether oxygens (including phenoxy) is 1. The monoisotopic (exact) mass is 492 g/mol. The molecule has 8 nitrogen and oxygen atoms in total. The fraction of sp³-hybridized carbons (Fsp3) is 0.364. The summed E-state index contributed by atoms with van der Waals surface area (Å²) in [5.74, 6) is 0.457. The van der Waals surface area contributed by atoms with Crippen molar-refractivity contribution in [1.29, 1.82) is 0 Å². The van der Waals surface area contributed by atoms with E-state index < -0.39 is 16.1 Å². The zero-order chi connectivity index (χ0) is 23.6. The summed E-state index contributed by atoms with van der Waals surface area (Å²) >= 11 is 5.29. The van der Waals surface area contributed by atoms with Crippen molar-refractivity contribution in [2.75, 3.05) is 26.2 Å². The minimum Gasteiger partial charge on any atom is -0.481 e. The van der Waals surface area contributed by atoms with Gasteiger partial charge in [0.1, 0.15) is 11.6 Å². The van der Waals surface area contributed by atoms with Gasteiger partial charge in [-0.3, -0.25) is 4.90 Å².